The number of aryl methyl sites for hydroxylation is 2. The van der Waals surface area contributed by atoms with Gasteiger partial charge in [0.15, 0.2) is 0 Å². The second-order valence-electron chi connectivity index (χ2n) is 6.67. The van der Waals surface area contributed by atoms with Gasteiger partial charge in [0, 0.05) is 11.3 Å². The fourth-order valence-corrected chi connectivity index (χ4v) is 3.01. The van der Waals surface area contributed by atoms with E-state index >= 15 is 0 Å². The SMILES string of the molecule is Cc1cc(C)cc(NC(=O)C(NNC(=O)c2ccccc2)c2ccccc2)c1. The standard InChI is InChI=1S/C23H23N3O2/c1-16-13-17(2)15-20(14-16)24-23(28)21(18-9-5-3-6-10-18)25-26-22(27)19-11-7-4-8-12-19/h3-15,21,25H,1-2H3,(H,24,28)(H,26,27). The molecule has 0 aliphatic heterocycles. The van der Waals surface area contributed by atoms with E-state index in [-0.39, 0.29) is 11.8 Å². The molecule has 1 atom stereocenters. The van der Waals surface area contributed by atoms with Crippen LogP contribution < -0.4 is 16.2 Å². The fourth-order valence-electron chi connectivity index (χ4n) is 3.01. The largest absolute Gasteiger partial charge is 0.324 e. The van der Waals surface area contributed by atoms with Crippen molar-refractivity contribution >= 4 is 17.5 Å². The molecule has 0 aromatic heterocycles. The normalized spacial score (nSPS) is 11.5. The molecule has 0 saturated carbocycles. The molecule has 0 saturated heterocycles. The lowest BCUT2D eigenvalue weighted by atomic mass is 10.1. The van der Waals surface area contributed by atoms with Crippen LogP contribution in [0.15, 0.2) is 78.9 Å². The minimum absolute atomic E-state index is 0.260. The Morgan fingerprint density at radius 3 is 1.96 bits per heavy atom. The van der Waals surface area contributed by atoms with Crippen LogP contribution >= 0.6 is 0 Å². The molecule has 28 heavy (non-hydrogen) atoms. The second-order valence-corrected chi connectivity index (χ2v) is 6.67. The first-order chi connectivity index (χ1) is 13.5. The lowest BCUT2D eigenvalue weighted by Crippen LogP contribution is -2.44. The number of carbonyl (C=O) groups excluding carboxylic acids is 2. The summed E-state index contributed by atoms with van der Waals surface area (Å²) in [6.45, 7) is 3.96. The highest BCUT2D eigenvalue weighted by Gasteiger charge is 2.21. The summed E-state index contributed by atoms with van der Waals surface area (Å²) in [7, 11) is 0. The van der Waals surface area contributed by atoms with E-state index < -0.39 is 6.04 Å². The van der Waals surface area contributed by atoms with Gasteiger partial charge in [-0.2, -0.15) is 0 Å². The first kappa shape index (κ1) is 19.3. The van der Waals surface area contributed by atoms with Gasteiger partial charge in [-0.3, -0.25) is 15.0 Å². The summed E-state index contributed by atoms with van der Waals surface area (Å²) in [5.74, 6) is -0.565. The van der Waals surface area contributed by atoms with Crippen LogP contribution in [-0.4, -0.2) is 11.8 Å². The maximum absolute atomic E-state index is 13.0. The van der Waals surface area contributed by atoms with Gasteiger partial charge in [-0.15, -0.1) is 0 Å². The Labute approximate surface area is 164 Å². The minimum atomic E-state index is -0.741. The molecule has 0 heterocycles. The average Bonchev–Trinajstić information content (AvgIpc) is 2.68. The summed E-state index contributed by atoms with van der Waals surface area (Å²) in [5, 5.41) is 2.93. The van der Waals surface area contributed by atoms with Crippen molar-refractivity contribution in [3.05, 3.63) is 101 Å². The molecule has 3 aromatic carbocycles. The van der Waals surface area contributed by atoms with Crippen LogP contribution in [0.1, 0.15) is 33.1 Å². The van der Waals surface area contributed by atoms with Crippen LogP contribution in [0, 0.1) is 13.8 Å². The summed E-state index contributed by atoms with van der Waals surface area (Å²) in [6, 6.07) is 23.2. The highest BCUT2D eigenvalue weighted by Crippen LogP contribution is 2.18. The van der Waals surface area contributed by atoms with Crippen molar-refractivity contribution in [1.82, 2.24) is 10.9 Å². The van der Waals surface area contributed by atoms with Crippen molar-refractivity contribution < 1.29 is 9.59 Å². The molecule has 3 rings (SSSR count). The third-order valence-corrected chi connectivity index (χ3v) is 4.25. The van der Waals surface area contributed by atoms with Crippen LogP contribution in [-0.2, 0) is 4.79 Å². The molecule has 0 aliphatic carbocycles. The van der Waals surface area contributed by atoms with Gasteiger partial charge in [-0.1, -0.05) is 54.6 Å². The monoisotopic (exact) mass is 373 g/mol. The number of anilines is 1. The number of amides is 2. The van der Waals surface area contributed by atoms with E-state index in [1.165, 1.54) is 0 Å². The number of benzene rings is 3. The maximum Gasteiger partial charge on any atom is 0.265 e. The Balaban J connectivity index is 1.77. The number of carbonyl (C=O) groups is 2. The zero-order valence-corrected chi connectivity index (χ0v) is 15.9. The molecule has 142 valence electrons. The molecule has 5 nitrogen and oxygen atoms in total. The van der Waals surface area contributed by atoms with Gasteiger partial charge in [0.1, 0.15) is 6.04 Å². The summed E-state index contributed by atoms with van der Waals surface area (Å²) in [5.41, 5.74) is 9.62. The third kappa shape index (κ3) is 5.05. The molecule has 2 amide bonds. The van der Waals surface area contributed by atoms with E-state index in [2.05, 4.69) is 16.2 Å². The van der Waals surface area contributed by atoms with E-state index in [4.69, 9.17) is 0 Å². The minimum Gasteiger partial charge on any atom is -0.324 e. The summed E-state index contributed by atoms with van der Waals surface area (Å²) < 4.78 is 0. The molecule has 0 radical (unpaired) electrons. The molecule has 0 bridgehead atoms. The van der Waals surface area contributed by atoms with Crippen molar-refractivity contribution in [1.29, 1.82) is 0 Å². The summed E-state index contributed by atoms with van der Waals surface area (Å²) in [4.78, 5) is 25.3. The number of hydrogen-bond acceptors (Lipinski definition) is 3. The van der Waals surface area contributed by atoms with Gasteiger partial charge >= 0.3 is 0 Å². The molecule has 0 fully saturated rings. The summed E-state index contributed by atoms with van der Waals surface area (Å²) in [6.07, 6.45) is 0. The van der Waals surface area contributed by atoms with Crippen molar-refractivity contribution in [2.75, 3.05) is 5.32 Å². The molecule has 3 N–H and O–H groups in total. The van der Waals surface area contributed by atoms with Gasteiger partial charge in [0.2, 0.25) is 5.91 Å². The van der Waals surface area contributed by atoms with Crippen molar-refractivity contribution in [2.45, 2.75) is 19.9 Å². The number of rotatable bonds is 6. The quantitative estimate of drug-likeness (QED) is 0.574. The Morgan fingerprint density at radius 2 is 1.36 bits per heavy atom. The van der Waals surface area contributed by atoms with E-state index in [1.807, 2.05) is 68.4 Å². The maximum atomic E-state index is 13.0. The predicted molar refractivity (Wildman–Crippen MR) is 111 cm³/mol. The number of nitrogens with one attached hydrogen (secondary N) is 3. The first-order valence-corrected chi connectivity index (χ1v) is 9.08. The van der Waals surface area contributed by atoms with E-state index in [0.717, 1.165) is 22.4 Å². The first-order valence-electron chi connectivity index (χ1n) is 9.08. The van der Waals surface area contributed by atoms with Crippen LogP contribution in [0.3, 0.4) is 0 Å². The van der Waals surface area contributed by atoms with Crippen molar-refractivity contribution in [2.24, 2.45) is 0 Å². The van der Waals surface area contributed by atoms with Crippen LogP contribution in [0.5, 0.6) is 0 Å². The zero-order valence-electron chi connectivity index (χ0n) is 15.9. The third-order valence-electron chi connectivity index (χ3n) is 4.25. The topological polar surface area (TPSA) is 70.2 Å². The summed E-state index contributed by atoms with van der Waals surface area (Å²) >= 11 is 0. The number of hydrazine groups is 1. The molecule has 5 heteroatoms. The highest BCUT2D eigenvalue weighted by atomic mass is 16.2. The lowest BCUT2D eigenvalue weighted by molar-refractivity contribution is -0.118. The van der Waals surface area contributed by atoms with Gasteiger partial charge in [-0.05, 0) is 54.8 Å². The second kappa shape index (κ2) is 8.97. The Hall–Kier alpha value is -3.44. The smallest absolute Gasteiger partial charge is 0.265 e. The van der Waals surface area contributed by atoms with Crippen LogP contribution in [0.4, 0.5) is 5.69 Å². The Morgan fingerprint density at radius 1 is 0.786 bits per heavy atom. The number of hydrogen-bond donors (Lipinski definition) is 3. The van der Waals surface area contributed by atoms with Crippen molar-refractivity contribution in [3.63, 3.8) is 0 Å². The zero-order chi connectivity index (χ0) is 19.9. The molecule has 0 aliphatic rings. The Bertz CT molecular complexity index is 936. The molecule has 3 aromatic rings. The van der Waals surface area contributed by atoms with E-state index in [1.54, 1.807) is 24.3 Å². The molecular formula is C23H23N3O2. The van der Waals surface area contributed by atoms with Gasteiger partial charge in [0.05, 0.1) is 0 Å². The lowest BCUT2D eigenvalue weighted by Gasteiger charge is -2.20. The van der Waals surface area contributed by atoms with Gasteiger partial charge < -0.3 is 5.32 Å². The van der Waals surface area contributed by atoms with Crippen LogP contribution in [0.25, 0.3) is 0 Å². The van der Waals surface area contributed by atoms with Gasteiger partial charge in [-0.25, -0.2) is 5.43 Å². The van der Waals surface area contributed by atoms with Gasteiger partial charge in [0.25, 0.3) is 5.91 Å². The predicted octanol–water partition coefficient (Wildman–Crippen LogP) is 3.92. The highest BCUT2D eigenvalue weighted by molar-refractivity contribution is 5.97. The molecular weight excluding hydrogens is 350 g/mol. The van der Waals surface area contributed by atoms with Crippen molar-refractivity contribution in [3.8, 4) is 0 Å². The molecule has 1 unspecified atom stereocenters. The Kier molecular flexibility index (Phi) is 6.19. The molecule has 0 spiro atoms. The van der Waals surface area contributed by atoms with E-state index in [9.17, 15) is 9.59 Å². The average molecular weight is 373 g/mol. The van der Waals surface area contributed by atoms with Crippen LogP contribution in [0.2, 0.25) is 0 Å². The van der Waals surface area contributed by atoms with E-state index in [0.29, 0.717) is 5.56 Å². The fraction of sp³-hybridized carbons (Fsp3) is 0.130.